The number of amides is 1. The van der Waals surface area contributed by atoms with Gasteiger partial charge in [-0.05, 0) is 40.5 Å². The minimum Gasteiger partial charge on any atom is -0.480 e. The second kappa shape index (κ2) is 6.20. The molecule has 0 heterocycles. The van der Waals surface area contributed by atoms with Gasteiger partial charge in [-0.15, -0.1) is 0 Å². The van der Waals surface area contributed by atoms with E-state index in [0.717, 1.165) is 0 Å². The van der Waals surface area contributed by atoms with Gasteiger partial charge in [-0.25, -0.2) is 4.79 Å². The van der Waals surface area contributed by atoms with Crippen molar-refractivity contribution < 1.29 is 14.7 Å². The zero-order valence-electron chi connectivity index (χ0n) is 9.98. The van der Waals surface area contributed by atoms with Gasteiger partial charge in [0.15, 0.2) is 0 Å². The maximum Gasteiger partial charge on any atom is 0.326 e. The number of halogens is 2. The zero-order chi connectivity index (χ0) is 13.9. The Kier molecular flexibility index (Phi) is 5.16. The fourth-order valence-electron chi connectivity index (χ4n) is 1.61. The number of carbonyl (C=O) groups is 2. The number of hydrogen-bond acceptors (Lipinski definition) is 2. The summed E-state index contributed by atoms with van der Waals surface area (Å²) in [6, 6.07) is 3.98. The van der Waals surface area contributed by atoms with Gasteiger partial charge >= 0.3 is 5.97 Å². The lowest BCUT2D eigenvalue weighted by Gasteiger charge is -2.24. The fourth-order valence-corrected chi connectivity index (χ4v) is 2.20. The van der Waals surface area contributed by atoms with Crippen LogP contribution in [0, 0.1) is 0 Å². The second-order valence-corrected chi connectivity index (χ2v) is 5.09. The van der Waals surface area contributed by atoms with Crippen molar-refractivity contribution in [3.8, 4) is 0 Å². The standard InChI is InChI=1S/C12H13BrClNO3/c1-3-10(12(17)18)15(2)11(16)8-6-7(14)4-5-9(8)13/h4-6,10H,3H2,1-2H3,(H,17,18). The lowest BCUT2D eigenvalue weighted by molar-refractivity contribution is -0.142. The van der Waals surface area contributed by atoms with E-state index in [-0.39, 0.29) is 5.91 Å². The van der Waals surface area contributed by atoms with E-state index >= 15 is 0 Å². The molecule has 0 bridgehead atoms. The van der Waals surface area contributed by atoms with Crippen LogP contribution in [-0.4, -0.2) is 35.0 Å². The maximum atomic E-state index is 12.2. The van der Waals surface area contributed by atoms with Crippen molar-refractivity contribution in [3.63, 3.8) is 0 Å². The molecule has 0 spiro atoms. The number of carboxylic acids is 1. The van der Waals surface area contributed by atoms with Crippen LogP contribution in [0.15, 0.2) is 22.7 Å². The number of hydrogen-bond donors (Lipinski definition) is 1. The summed E-state index contributed by atoms with van der Waals surface area (Å²) in [5, 5.41) is 9.46. The summed E-state index contributed by atoms with van der Waals surface area (Å²) in [6.45, 7) is 1.72. The maximum absolute atomic E-state index is 12.2. The lowest BCUT2D eigenvalue weighted by Crippen LogP contribution is -2.42. The van der Waals surface area contributed by atoms with Crippen molar-refractivity contribution >= 4 is 39.4 Å². The van der Waals surface area contributed by atoms with Crippen molar-refractivity contribution in [1.82, 2.24) is 4.90 Å². The first-order valence-corrected chi connectivity index (χ1v) is 6.50. The Morgan fingerprint density at radius 1 is 1.50 bits per heavy atom. The van der Waals surface area contributed by atoms with Crippen LogP contribution in [0.4, 0.5) is 0 Å². The third-order valence-corrected chi connectivity index (χ3v) is 3.55. The molecule has 18 heavy (non-hydrogen) atoms. The minimum atomic E-state index is -1.02. The number of carbonyl (C=O) groups excluding carboxylic acids is 1. The summed E-state index contributed by atoms with van der Waals surface area (Å²) in [4.78, 5) is 24.4. The van der Waals surface area contributed by atoms with Gasteiger partial charge < -0.3 is 10.0 Å². The van der Waals surface area contributed by atoms with E-state index < -0.39 is 12.0 Å². The first-order chi connectivity index (χ1) is 8.38. The van der Waals surface area contributed by atoms with Crippen molar-refractivity contribution in [1.29, 1.82) is 0 Å². The molecule has 0 saturated heterocycles. The highest BCUT2D eigenvalue weighted by atomic mass is 79.9. The van der Waals surface area contributed by atoms with Crippen LogP contribution in [0.5, 0.6) is 0 Å². The van der Waals surface area contributed by atoms with Gasteiger partial charge in [0.25, 0.3) is 5.91 Å². The number of carboxylic acid groups (broad SMARTS) is 1. The molecule has 0 aliphatic carbocycles. The van der Waals surface area contributed by atoms with E-state index in [4.69, 9.17) is 16.7 Å². The Morgan fingerprint density at radius 2 is 2.11 bits per heavy atom. The van der Waals surface area contributed by atoms with Crippen LogP contribution in [0.25, 0.3) is 0 Å². The molecular weight excluding hydrogens is 321 g/mol. The highest BCUT2D eigenvalue weighted by Gasteiger charge is 2.26. The topological polar surface area (TPSA) is 57.6 Å². The summed E-state index contributed by atoms with van der Waals surface area (Å²) in [6.07, 6.45) is 0.343. The molecule has 4 nitrogen and oxygen atoms in total. The molecule has 0 aliphatic rings. The molecule has 1 aromatic carbocycles. The molecule has 1 unspecified atom stereocenters. The molecular formula is C12H13BrClNO3. The summed E-state index contributed by atoms with van der Waals surface area (Å²) >= 11 is 9.09. The molecule has 0 fully saturated rings. The highest BCUT2D eigenvalue weighted by molar-refractivity contribution is 9.10. The van der Waals surface area contributed by atoms with E-state index in [1.54, 1.807) is 19.1 Å². The number of likely N-dealkylation sites (N-methyl/N-ethyl adjacent to an activating group) is 1. The molecule has 98 valence electrons. The normalized spacial score (nSPS) is 12.0. The third-order valence-electron chi connectivity index (χ3n) is 2.62. The average Bonchev–Trinajstić information content (AvgIpc) is 2.31. The molecule has 6 heteroatoms. The molecule has 1 aromatic rings. The van der Waals surface area contributed by atoms with Gasteiger partial charge in [0.05, 0.1) is 5.56 Å². The molecule has 0 aliphatic heterocycles. The number of rotatable bonds is 4. The summed E-state index contributed by atoms with van der Waals surface area (Å²) in [5.74, 6) is -1.40. The Bertz CT molecular complexity index is 478. The minimum absolute atomic E-state index is 0.343. The van der Waals surface area contributed by atoms with Crippen LogP contribution in [0.1, 0.15) is 23.7 Å². The van der Waals surface area contributed by atoms with Crippen LogP contribution in [0.2, 0.25) is 5.02 Å². The van der Waals surface area contributed by atoms with E-state index in [1.807, 2.05) is 0 Å². The van der Waals surface area contributed by atoms with Crippen LogP contribution in [0.3, 0.4) is 0 Å². The van der Waals surface area contributed by atoms with Crippen LogP contribution < -0.4 is 0 Å². The van der Waals surface area contributed by atoms with Gasteiger partial charge in [0.2, 0.25) is 0 Å². The number of aliphatic carboxylic acids is 1. The van der Waals surface area contributed by atoms with Gasteiger partial charge in [0, 0.05) is 16.5 Å². The first kappa shape index (κ1) is 15.0. The number of nitrogens with zero attached hydrogens (tertiary/aromatic N) is 1. The largest absolute Gasteiger partial charge is 0.480 e. The third kappa shape index (κ3) is 3.23. The zero-order valence-corrected chi connectivity index (χ0v) is 12.3. The molecule has 1 atom stereocenters. The highest BCUT2D eigenvalue weighted by Crippen LogP contribution is 2.23. The molecule has 0 saturated carbocycles. The first-order valence-electron chi connectivity index (χ1n) is 5.33. The average molecular weight is 335 g/mol. The summed E-state index contributed by atoms with van der Waals surface area (Å²) in [5.41, 5.74) is 0.352. The van der Waals surface area contributed by atoms with Gasteiger partial charge in [0.1, 0.15) is 6.04 Å². The Morgan fingerprint density at radius 3 is 2.61 bits per heavy atom. The fraction of sp³-hybridized carbons (Fsp3) is 0.333. The summed E-state index contributed by atoms with van der Waals surface area (Å²) < 4.78 is 0.587. The second-order valence-electron chi connectivity index (χ2n) is 3.80. The quantitative estimate of drug-likeness (QED) is 0.921. The summed E-state index contributed by atoms with van der Waals surface area (Å²) in [7, 11) is 1.47. The molecule has 1 amide bonds. The van der Waals surface area contributed by atoms with E-state index in [1.165, 1.54) is 18.0 Å². The Labute approximate surface area is 119 Å². The smallest absolute Gasteiger partial charge is 0.326 e. The SMILES string of the molecule is CCC(C(=O)O)N(C)C(=O)c1cc(Cl)ccc1Br. The van der Waals surface area contributed by atoms with E-state index in [2.05, 4.69) is 15.9 Å². The van der Waals surface area contributed by atoms with Crippen molar-refractivity contribution in [2.24, 2.45) is 0 Å². The Hall–Kier alpha value is -1.07. The Balaban J connectivity index is 3.06. The predicted molar refractivity (Wildman–Crippen MR) is 73.0 cm³/mol. The predicted octanol–water partition coefficient (Wildman–Crippen LogP) is 3.04. The molecule has 1 N–H and O–H groups in total. The van der Waals surface area contributed by atoms with Crippen LogP contribution in [-0.2, 0) is 4.79 Å². The molecule has 1 rings (SSSR count). The van der Waals surface area contributed by atoms with Crippen molar-refractivity contribution in [2.45, 2.75) is 19.4 Å². The molecule has 0 aromatic heterocycles. The molecule has 0 radical (unpaired) electrons. The number of benzene rings is 1. The van der Waals surface area contributed by atoms with Gasteiger partial charge in [-0.1, -0.05) is 18.5 Å². The monoisotopic (exact) mass is 333 g/mol. The van der Waals surface area contributed by atoms with E-state index in [9.17, 15) is 9.59 Å². The lowest BCUT2D eigenvalue weighted by atomic mass is 10.1. The van der Waals surface area contributed by atoms with Crippen molar-refractivity contribution in [3.05, 3.63) is 33.3 Å². The van der Waals surface area contributed by atoms with Crippen LogP contribution >= 0.6 is 27.5 Å². The van der Waals surface area contributed by atoms with Crippen molar-refractivity contribution in [2.75, 3.05) is 7.05 Å². The van der Waals surface area contributed by atoms with E-state index in [0.29, 0.717) is 21.5 Å². The van der Waals surface area contributed by atoms with Gasteiger partial charge in [-0.3, -0.25) is 4.79 Å². The van der Waals surface area contributed by atoms with Gasteiger partial charge in [-0.2, -0.15) is 0 Å².